The van der Waals surface area contributed by atoms with Gasteiger partial charge in [0.1, 0.15) is 11.5 Å². The lowest BCUT2D eigenvalue weighted by Gasteiger charge is -2.26. The van der Waals surface area contributed by atoms with E-state index in [4.69, 9.17) is 4.74 Å². The molecule has 1 fully saturated rings. The Bertz CT molecular complexity index is 1170. The number of carbonyl (C=O) groups excluding carboxylic acids is 2. The average molecular weight is 482 g/mol. The Hall–Kier alpha value is -3.72. The fourth-order valence-electron chi connectivity index (χ4n) is 4.16. The van der Waals surface area contributed by atoms with Crippen LogP contribution in [0, 0.1) is 17.0 Å². The largest absolute Gasteiger partial charge is 0.507 e. The van der Waals surface area contributed by atoms with Gasteiger partial charge in [0.15, 0.2) is 0 Å². The maximum Gasteiger partial charge on any atom is 0.295 e. The summed E-state index contributed by atoms with van der Waals surface area (Å²) < 4.78 is 5.76. The summed E-state index contributed by atoms with van der Waals surface area (Å²) in [6, 6.07) is 9.91. The second kappa shape index (κ2) is 10.7. The molecular formula is C26H31N3O6. The fourth-order valence-corrected chi connectivity index (χ4v) is 4.16. The highest BCUT2D eigenvalue weighted by atomic mass is 16.6. The lowest BCUT2D eigenvalue weighted by Crippen LogP contribution is -2.32. The predicted octanol–water partition coefficient (Wildman–Crippen LogP) is 4.06. The molecule has 0 bridgehead atoms. The highest BCUT2D eigenvalue weighted by molar-refractivity contribution is 6.46. The first-order chi connectivity index (χ1) is 16.5. The number of aliphatic hydroxyl groups is 1. The minimum Gasteiger partial charge on any atom is -0.507 e. The minimum atomic E-state index is -0.941. The van der Waals surface area contributed by atoms with E-state index in [1.54, 1.807) is 24.3 Å². The smallest absolute Gasteiger partial charge is 0.295 e. The van der Waals surface area contributed by atoms with E-state index in [2.05, 4.69) is 0 Å². The van der Waals surface area contributed by atoms with Gasteiger partial charge in [0.2, 0.25) is 0 Å². The molecule has 1 N–H and O–H groups in total. The second-order valence-corrected chi connectivity index (χ2v) is 9.15. The molecule has 0 saturated carbocycles. The summed E-state index contributed by atoms with van der Waals surface area (Å²) in [7, 11) is 3.81. The van der Waals surface area contributed by atoms with Crippen molar-refractivity contribution in [2.24, 2.45) is 0 Å². The van der Waals surface area contributed by atoms with E-state index in [1.807, 2.05) is 39.8 Å². The van der Waals surface area contributed by atoms with E-state index < -0.39 is 22.7 Å². The number of ketones is 1. The zero-order valence-corrected chi connectivity index (χ0v) is 20.6. The summed E-state index contributed by atoms with van der Waals surface area (Å²) in [4.78, 5) is 40.4. The lowest BCUT2D eigenvalue weighted by molar-refractivity contribution is -0.384. The predicted molar refractivity (Wildman–Crippen MR) is 132 cm³/mol. The summed E-state index contributed by atoms with van der Waals surface area (Å²) in [5.74, 6) is -1.23. The van der Waals surface area contributed by atoms with Crippen LogP contribution in [0.25, 0.3) is 5.76 Å². The van der Waals surface area contributed by atoms with Crippen LogP contribution in [-0.4, -0.2) is 64.8 Å². The second-order valence-electron chi connectivity index (χ2n) is 9.15. The molecule has 35 heavy (non-hydrogen) atoms. The van der Waals surface area contributed by atoms with Crippen LogP contribution < -0.4 is 4.74 Å². The number of likely N-dealkylation sites (tertiary alicyclic amines) is 1. The van der Waals surface area contributed by atoms with Crippen molar-refractivity contribution in [1.82, 2.24) is 9.80 Å². The van der Waals surface area contributed by atoms with Crippen molar-refractivity contribution < 1.29 is 24.4 Å². The van der Waals surface area contributed by atoms with E-state index in [9.17, 15) is 24.8 Å². The summed E-state index contributed by atoms with van der Waals surface area (Å²) >= 11 is 0. The van der Waals surface area contributed by atoms with E-state index >= 15 is 0 Å². The lowest BCUT2D eigenvalue weighted by atomic mass is 9.94. The molecule has 0 spiro atoms. The summed E-state index contributed by atoms with van der Waals surface area (Å²) in [6.45, 7) is 6.58. The van der Waals surface area contributed by atoms with Gasteiger partial charge < -0.3 is 19.6 Å². The van der Waals surface area contributed by atoms with Crippen molar-refractivity contribution in [1.29, 1.82) is 0 Å². The van der Waals surface area contributed by atoms with Crippen LogP contribution >= 0.6 is 0 Å². The number of amides is 1. The van der Waals surface area contributed by atoms with Crippen LogP contribution in [-0.2, 0) is 9.59 Å². The number of rotatable bonds is 9. The van der Waals surface area contributed by atoms with Gasteiger partial charge in [-0.3, -0.25) is 19.7 Å². The Morgan fingerprint density at radius 1 is 1.20 bits per heavy atom. The number of nitrogens with zero attached hydrogens (tertiary/aromatic N) is 3. The van der Waals surface area contributed by atoms with Gasteiger partial charge in [0.05, 0.1) is 22.6 Å². The standard InChI is InChI=1S/C26H31N3O6/c1-16(2)35-21-11-10-19(14-17(21)3)24(30)22-23(18-8-6-9-20(15-18)29(33)34)28(26(32)25(22)31)13-7-12-27(4)5/h6,8-11,14-16,23,30H,7,12-13H2,1-5H3/t23-/m1/s1. The van der Waals surface area contributed by atoms with Crippen LogP contribution in [0.1, 0.15) is 43.0 Å². The van der Waals surface area contributed by atoms with Crippen molar-refractivity contribution >= 4 is 23.1 Å². The van der Waals surface area contributed by atoms with Crippen molar-refractivity contribution in [2.75, 3.05) is 27.2 Å². The molecule has 9 heteroatoms. The molecule has 186 valence electrons. The molecule has 0 unspecified atom stereocenters. The van der Waals surface area contributed by atoms with Gasteiger partial charge >= 0.3 is 0 Å². The molecule has 1 atom stereocenters. The number of benzene rings is 2. The Labute approximate surface area is 204 Å². The summed E-state index contributed by atoms with van der Waals surface area (Å²) in [5.41, 5.74) is 1.26. The number of Topliss-reactive ketones (excluding diaryl/α,β-unsaturated/α-hetero) is 1. The van der Waals surface area contributed by atoms with E-state index in [0.717, 1.165) is 5.56 Å². The molecule has 1 aliphatic heterocycles. The normalized spacial score (nSPS) is 17.5. The number of aryl methyl sites for hydroxylation is 1. The number of non-ortho nitro benzene ring substituents is 1. The number of carbonyl (C=O) groups is 2. The number of nitro groups is 1. The van der Waals surface area contributed by atoms with Gasteiger partial charge in [-0.15, -0.1) is 0 Å². The Kier molecular flexibility index (Phi) is 7.91. The van der Waals surface area contributed by atoms with Gasteiger partial charge in [-0.1, -0.05) is 12.1 Å². The number of nitro benzene ring substituents is 1. The van der Waals surface area contributed by atoms with Gasteiger partial charge in [-0.2, -0.15) is 0 Å². The SMILES string of the molecule is Cc1cc(C(O)=C2C(=O)C(=O)N(CCCN(C)C)[C@@H]2c2cccc([N+](=O)[O-])c2)ccc1OC(C)C. The van der Waals surface area contributed by atoms with Gasteiger partial charge in [0, 0.05) is 24.2 Å². The van der Waals surface area contributed by atoms with Gasteiger partial charge in [-0.05, 0) is 77.2 Å². The first-order valence-electron chi connectivity index (χ1n) is 11.5. The topological polar surface area (TPSA) is 113 Å². The van der Waals surface area contributed by atoms with Crippen LogP contribution in [0.5, 0.6) is 5.75 Å². The zero-order chi connectivity index (χ0) is 25.9. The third kappa shape index (κ3) is 5.68. The number of aliphatic hydroxyl groups excluding tert-OH is 1. The van der Waals surface area contributed by atoms with Gasteiger partial charge in [-0.25, -0.2) is 0 Å². The molecule has 1 heterocycles. The molecule has 3 rings (SSSR count). The quantitative estimate of drug-likeness (QED) is 0.189. The molecule has 9 nitrogen and oxygen atoms in total. The van der Waals surface area contributed by atoms with Crippen LogP contribution in [0.4, 0.5) is 5.69 Å². The van der Waals surface area contributed by atoms with E-state index in [-0.39, 0.29) is 29.7 Å². The number of hydrogen-bond donors (Lipinski definition) is 1. The molecule has 1 amide bonds. The maximum atomic E-state index is 13.1. The van der Waals surface area contributed by atoms with Crippen molar-refractivity contribution in [3.63, 3.8) is 0 Å². The minimum absolute atomic E-state index is 0.0329. The summed E-state index contributed by atoms with van der Waals surface area (Å²) in [5, 5.41) is 22.6. The molecule has 0 aliphatic carbocycles. The van der Waals surface area contributed by atoms with Gasteiger partial charge in [0.25, 0.3) is 17.4 Å². The number of ether oxygens (including phenoxy) is 1. The molecule has 2 aromatic rings. The first kappa shape index (κ1) is 25.9. The monoisotopic (exact) mass is 481 g/mol. The van der Waals surface area contributed by atoms with Crippen molar-refractivity contribution in [3.8, 4) is 5.75 Å². The van der Waals surface area contributed by atoms with E-state index in [1.165, 1.54) is 23.1 Å². The maximum absolute atomic E-state index is 13.1. The molecular weight excluding hydrogens is 450 g/mol. The Balaban J connectivity index is 2.12. The van der Waals surface area contributed by atoms with Crippen molar-refractivity contribution in [2.45, 2.75) is 39.3 Å². The fraction of sp³-hybridized carbons (Fsp3) is 0.385. The average Bonchev–Trinajstić information content (AvgIpc) is 3.04. The molecule has 1 aliphatic rings. The van der Waals surface area contributed by atoms with Crippen LogP contribution in [0.15, 0.2) is 48.0 Å². The first-order valence-corrected chi connectivity index (χ1v) is 11.5. The summed E-state index contributed by atoms with van der Waals surface area (Å²) in [6.07, 6.45) is 0.556. The Morgan fingerprint density at radius 3 is 2.51 bits per heavy atom. The van der Waals surface area contributed by atoms with Crippen LogP contribution in [0.3, 0.4) is 0 Å². The van der Waals surface area contributed by atoms with Crippen molar-refractivity contribution in [3.05, 3.63) is 74.8 Å². The van der Waals surface area contributed by atoms with E-state index in [0.29, 0.717) is 29.8 Å². The third-order valence-corrected chi connectivity index (χ3v) is 5.75. The molecule has 2 aromatic carbocycles. The Morgan fingerprint density at radius 2 is 1.91 bits per heavy atom. The highest BCUT2D eigenvalue weighted by Gasteiger charge is 2.46. The number of hydrogen-bond acceptors (Lipinski definition) is 7. The highest BCUT2D eigenvalue weighted by Crippen LogP contribution is 2.40. The van der Waals surface area contributed by atoms with Crippen LogP contribution in [0.2, 0.25) is 0 Å². The molecule has 0 radical (unpaired) electrons. The molecule has 1 saturated heterocycles. The molecule has 0 aromatic heterocycles. The zero-order valence-electron chi connectivity index (χ0n) is 20.6. The third-order valence-electron chi connectivity index (χ3n) is 5.75.